The molecule has 4 fully saturated rings. The van der Waals surface area contributed by atoms with Crippen LogP contribution in [0.4, 0.5) is 0 Å². The van der Waals surface area contributed by atoms with Crippen molar-refractivity contribution in [2.24, 2.45) is 28.6 Å². The molecule has 6 atom stereocenters. The summed E-state index contributed by atoms with van der Waals surface area (Å²) in [5.41, 5.74) is -1.55. The van der Waals surface area contributed by atoms with Gasteiger partial charge in [-0.25, -0.2) is 0 Å². The third-order valence-corrected chi connectivity index (χ3v) is 8.14. The van der Waals surface area contributed by atoms with Crippen molar-refractivity contribution in [1.82, 2.24) is 0 Å². The molecule has 0 unspecified atom stereocenters. The van der Waals surface area contributed by atoms with Crippen LogP contribution in [-0.2, 0) is 9.59 Å². The summed E-state index contributed by atoms with van der Waals surface area (Å²) in [5, 5.41) is 11.4. The van der Waals surface area contributed by atoms with Gasteiger partial charge in [-0.1, -0.05) is 12.8 Å². The minimum atomic E-state index is -0.955. The average Bonchev–Trinajstić information content (AvgIpc) is 2.84. The number of rotatable bonds is 0. The molecule has 4 rings (SSSR count). The Labute approximate surface area is 144 Å². The number of carbonyl (C=O) groups excluding carboxylic acids is 2. The van der Waals surface area contributed by atoms with Crippen LogP contribution in [0.5, 0.6) is 0 Å². The van der Waals surface area contributed by atoms with Crippen molar-refractivity contribution in [1.29, 1.82) is 0 Å². The van der Waals surface area contributed by atoms with Crippen LogP contribution in [0, 0.1) is 40.4 Å². The normalized spacial score (nSPS) is 50.4. The highest BCUT2D eigenvalue weighted by atomic mass is 16.3. The van der Waals surface area contributed by atoms with Crippen LogP contribution >= 0.6 is 0 Å². The molecule has 24 heavy (non-hydrogen) atoms. The SMILES string of the molecule is CC#C[C@]12CCC(=O)C[C@]1(O)CC[C@H]1[C@@H]3CCC(=O)[C@@]3(C)CC[C@@H]12. The van der Waals surface area contributed by atoms with Gasteiger partial charge in [-0.2, -0.15) is 0 Å². The number of hydrogen-bond donors (Lipinski definition) is 1. The molecule has 0 heterocycles. The van der Waals surface area contributed by atoms with Crippen molar-refractivity contribution in [3.05, 3.63) is 0 Å². The lowest BCUT2D eigenvalue weighted by Crippen LogP contribution is -2.63. The lowest BCUT2D eigenvalue weighted by Gasteiger charge is -2.61. The summed E-state index contributed by atoms with van der Waals surface area (Å²) in [7, 11) is 0. The van der Waals surface area contributed by atoms with Crippen molar-refractivity contribution in [3.8, 4) is 11.8 Å². The second-order valence-corrected chi connectivity index (χ2v) is 8.93. The third-order valence-electron chi connectivity index (χ3n) is 8.14. The van der Waals surface area contributed by atoms with Gasteiger partial charge in [-0.15, -0.1) is 5.92 Å². The molecule has 0 saturated heterocycles. The Morgan fingerprint density at radius 1 is 1.04 bits per heavy atom. The fourth-order valence-electron chi connectivity index (χ4n) is 6.96. The van der Waals surface area contributed by atoms with Crippen molar-refractivity contribution >= 4 is 11.6 Å². The molecule has 4 aliphatic carbocycles. The molecular formula is C21H28O3. The van der Waals surface area contributed by atoms with Gasteiger partial charge >= 0.3 is 0 Å². The molecule has 130 valence electrons. The predicted molar refractivity (Wildman–Crippen MR) is 91.0 cm³/mol. The van der Waals surface area contributed by atoms with E-state index in [4.69, 9.17) is 0 Å². The van der Waals surface area contributed by atoms with Crippen LogP contribution in [0.3, 0.4) is 0 Å². The fourth-order valence-corrected chi connectivity index (χ4v) is 6.96. The van der Waals surface area contributed by atoms with Gasteiger partial charge in [0.25, 0.3) is 0 Å². The van der Waals surface area contributed by atoms with Crippen LogP contribution in [0.1, 0.15) is 71.6 Å². The summed E-state index contributed by atoms with van der Waals surface area (Å²) in [4.78, 5) is 24.5. The zero-order chi connectivity index (χ0) is 17.2. The smallest absolute Gasteiger partial charge is 0.139 e. The maximum atomic E-state index is 12.5. The van der Waals surface area contributed by atoms with E-state index < -0.39 is 11.0 Å². The molecule has 0 bridgehead atoms. The van der Waals surface area contributed by atoms with E-state index in [1.165, 1.54) is 0 Å². The molecule has 3 nitrogen and oxygen atoms in total. The van der Waals surface area contributed by atoms with E-state index in [1.54, 1.807) is 0 Å². The highest BCUT2D eigenvalue weighted by molar-refractivity contribution is 5.87. The molecule has 4 aliphatic rings. The van der Waals surface area contributed by atoms with Crippen molar-refractivity contribution in [2.45, 2.75) is 77.2 Å². The minimum absolute atomic E-state index is 0.151. The van der Waals surface area contributed by atoms with E-state index in [9.17, 15) is 14.7 Å². The van der Waals surface area contributed by atoms with Gasteiger partial charge in [0.15, 0.2) is 0 Å². The lowest BCUT2D eigenvalue weighted by atomic mass is 9.43. The Balaban J connectivity index is 1.76. The van der Waals surface area contributed by atoms with E-state index >= 15 is 0 Å². The summed E-state index contributed by atoms with van der Waals surface area (Å²) in [5.74, 6) is 8.40. The molecule has 1 N–H and O–H groups in total. The van der Waals surface area contributed by atoms with Gasteiger partial charge in [0.05, 0.1) is 11.0 Å². The monoisotopic (exact) mass is 328 g/mol. The Bertz CT molecular complexity index is 656. The van der Waals surface area contributed by atoms with Gasteiger partial charge < -0.3 is 5.11 Å². The van der Waals surface area contributed by atoms with Crippen LogP contribution in [-0.4, -0.2) is 22.3 Å². The Kier molecular flexibility index (Phi) is 3.52. The summed E-state index contributed by atoms with van der Waals surface area (Å²) in [6.45, 7) is 4.02. The number of aliphatic hydroxyl groups is 1. The highest BCUT2D eigenvalue weighted by Gasteiger charge is 2.66. The first-order valence-corrected chi connectivity index (χ1v) is 9.58. The van der Waals surface area contributed by atoms with Gasteiger partial charge in [0.1, 0.15) is 11.6 Å². The second kappa shape index (κ2) is 5.18. The summed E-state index contributed by atoms with van der Waals surface area (Å²) in [6, 6.07) is 0. The molecule has 4 saturated carbocycles. The van der Waals surface area contributed by atoms with Gasteiger partial charge in [0, 0.05) is 24.7 Å². The molecule has 0 spiro atoms. The molecule has 0 aliphatic heterocycles. The predicted octanol–water partition coefficient (Wildman–Crippen LogP) is 3.29. The summed E-state index contributed by atoms with van der Waals surface area (Å²) in [6.07, 6.45) is 6.73. The molecule has 0 aromatic heterocycles. The molecular weight excluding hydrogens is 300 g/mol. The second-order valence-electron chi connectivity index (χ2n) is 8.93. The summed E-state index contributed by atoms with van der Waals surface area (Å²) < 4.78 is 0. The molecule has 0 radical (unpaired) electrons. The van der Waals surface area contributed by atoms with E-state index in [-0.39, 0.29) is 17.6 Å². The van der Waals surface area contributed by atoms with E-state index in [0.717, 1.165) is 32.1 Å². The standard InChI is InChI=1S/C21H28O3/c1-3-9-20-11-6-14(22)13-21(20,24)12-7-15-16-4-5-18(23)19(16,2)10-8-17(15)20/h15-17,24H,4-8,10-13H2,1-2H3/t15-,16-,17-,19-,20+,21+/m0/s1. The van der Waals surface area contributed by atoms with Crippen molar-refractivity contribution in [2.75, 3.05) is 0 Å². The molecule has 0 aromatic rings. The van der Waals surface area contributed by atoms with Crippen LogP contribution in [0.2, 0.25) is 0 Å². The van der Waals surface area contributed by atoms with Gasteiger partial charge in [0.2, 0.25) is 0 Å². The molecule has 0 aromatic carbocycles. The Morgan fingerprint density at radius 2 is 1.83 bits per heavy atom. The number of Topliss-reactive ketones (excluding diaryl/α,β-unsaturated/α-hetero) is 2. The fraction of sp³-hybridized carbons (Fsp3) is 0.810. The number of fused-ring (bicyclic) bond motifs is 5. The quantitative estimate of drug-likeness (QED) is 0.694. The first-order chi connectivity index (χ1) is 11.4. The largest absolute Gasteiger partial charge is 0.388 e. The molecule has 0 amide bonds. The van der Waals surface area contributed by atoms with Crippen molar-refractivity contribution in [3.63, 3.8) is 0 Å². The van der Waals surface area contributed by atoms with E-state index in [2.05, 4.69) is 18.8 Å². The van der Waals surface area contributed by atoms with Crippen LogP contribution < -0.4 is 0 Å². The highest BCUT2D eigenvalue weighted by Crippen LogP contribution is 2.66. The first-order valence-electron chi connectivity index (χ1n) is 9.58. The third kappa shape index (κ3) is 1.90. The van der Waals surface area contributed by atoms with E-state index in [0.29, 0.717) is 42.8 Å². The molecule has 3 heteroatoms. The zero-order valence-electron chi connectivity index (χ0n) is 14.9. The maximum Gasteiger partial charge on any atom is 0.139 e. The van der Waals surface area contributed by atoms with Gasteiger partial charge in [-0.05, 0) is 63.2 Å². The topological polar surface area (TPSA) is 54.4 Å². The van der Waals surface area contributed by atoms with E-state index in [1.807, 2.05) is 6.92 Å². The van der Waals surface area contributed by atoms with Gasteiger partial charge in [-0.3, -0.25) is 9.59 Å². The minimum Gasteiger partial charge on any atom is -0.388 e. The number of carbonyl (C=O) groups is 2. The summed E-state index contributed by atoms with van der Waals surface area (Å²) >= 11 is 0. The number of ketones is 2. The van der Waals surface area contributed by atoms with Crippen molar-refractivity contribution < 1.29 is 14.7 Å². The average molecular weight is 328 g/mol. The van der Waals surface area contributed by atoms with Crippen LogP contribution in [0.15, 0.2) is 0 Å². The maximum absolute atomic E-state index is 12.5. The Hall–Kier alpha value is -1.14. The zero-order valence-corrected chi connectivity index (χ0v) is 14.9. The first kappa shape index (κ1) is 16.3. The lowest BCUT2D eigenvalue weighted by molar-refractivity contribution is -0.185. The van der Waals surface area contributed by atoms with Crippen LogP contribution in [0.25, 0.3) is 0 Å². The number of hydrogen-bond acceptors (Lipinski definition) is 3. The Morgan fingerprint density at radius 3 is 2.58 bits per heavy atom.